The molecule has 5 rings (SSSR count). The third-order valence-electron chi connectivity index (χ3n) is 5.84. The summed E-state index contributed by atoms with van der Waals surface area (Å²) in [5.41, 5.74) is 3.38. The van der Waals surface area contributed by atoms with Crippen LogP contribution in [0.25, 0.3) is 33.1 Å². The Labute approximate surface area is 194 Å². The van der Waals surface area contributed by atoms with Gasteiger partial charge in [0.05, 0.1) is 35.3 Å². The zero-order valence-electron chi connectivity index (χ0n) is 18.8. The molecule has 5 aromatic rings. The van der Waals surface area contributed by atoms with Gasteiger partial charge in [-0.2, -0.15) is 13.9 Å². The summed E-state index contributed by atoms with van der Waals surface area (Å²) in [4.78, 5) is 19.3. The summed E-state index contributed by atoms with van der Waals surface area (Å²) in [7, 11) is 1.75. The Morgan fingerprint density at radius 2 is 1.62 bits per heavy atom. The lowest BCUT2D eigenvalue weighted by Gasteiger charge is -2.19. The van der Waals surface area contributed by atoms with E-state index in [1.54, 1.807) is 42.3 Å². The molecule has 0 atom stereocenters. The first-order valence-electron chi connectivity index (χ1n) is 10.9. The number of imidazole rings is 1. The van der Waals surface area contributed by atoms with E-state index in [0.717, 1.165) is 21.1 Å². The zero-order valence-corrected chi connectivity index (χ0v) is 18.8. The fourth-order valence-corrected chi connectivity index (χ4v) is 4.20. The van der Waals surface area contributed by atoms with Gasteiger partial charge < -0.3 is 0 Å². The molecule has 2 aromatic heterocycles. The van der Waals surface area contributed by atoms with Crippen LogP contribution in [0.15, 0.2) is 77.6 Å². The molecule has 0 N–H and O–H groups in total. The second-order valence-electron chi connectivity index (χ2n) is 8.38. The molecule has 0 radical (unpaired) electrons. The first-order chi connectivity index (χ1) is 16.4. The molecule has 0 fully saturated rings. The second kappa shape index (κ2) is 8.79. The lowest BCUT2D eigenvalue weighted by atomic mass is 10.0. The fourth-order valence-electron chi connectivity index (χ4n) is 4.20. The van der Waals surface area contributed by atoms with Crippen molar-refractivity contribution >= 4 is 21.8 Å². The molecule has 2 heterocycles. The first kappa shape index (κ1) is 21.9. The number of rotatable bonds is 6. The Bertz CT molecular complexity index is 1540. The molecule has 34 heavy (non-hydrogen) atoms. The maximum atomic E-state index is 13.8. The lowest BCUT2D eigenvalue weighted by Crippen LogP contribution is -2.32. The molecule has 3 aromatic carbocycles. The van der Waals surface area contributed by atoms with Gasteiger partial charge in [0.25, 0.3) is 5.56 Å². The van der Waals surface area contributed by atoms with Crippen molar-refractivity contribution in [1.29, 1.82) is 0 Å². The Balaban J connectivity index is 1.53. The maximum absolute atomic E-state index is 13.8. The van der Waals surface area contributed by atoms with Crippen LogP contribution in [-0.2, 0) is 13.2 Å². The molecular weight excluding hydrogens is 436 g/mol. The molecule has 0 saturated carbocycles. The summed E-state index contributed by atoms with van der Waals surface area (Å²) in [6.07, 6.45) is 0. The Hall–Kier alpha value is -3.91. The molecule has 0 saturated heterocycles. The predicted molar refractivity (Wildman–Crippen MR) is 129 cm³/mol. The normalized spacial score (nSPS) is 11.8. The predicted octanol–water partition coefficient (Wildman–Crippen LogP) is 5.21. The van der Waals surface area contributed by atoms with Gasteiger partial charge >= 0.3 is 6.55 Å². The van der Waals surface area contributed by atoms with E-state index in [4.69, 9.17) is 0 Å². The highest BCUT2D eigenvalue weighted by molar-refractivity contribution is 5.93. The van der Waals surface area contributed by atoms with Crippen molar-refractivity contribution < 1.29 is 8.78 Å². The standard InChI is InChI=1S/C26H23F2N5O/c1-17-11-13-18(14-12-17)24-19-7-3-4-8-20(19)25(34)32(30-24)16-31(2)15-23-29-21-9-5-6-10-22(21)33(23)26(27)28/h3-14,26H,15-16H2,1-2H3. The third kappa shape index (κ3) is 3.97. The molecule has 0 unspecified atom stereocenters. The number of para-hydroxylation sites is 2. The Morgan fingerprint density at radius 1 is 0.941 bits per heavy atom. The third-order valence-corrected chi connectivity index (χ3v) is 5.84. The highest BCUT2D eigenvalue weighted by atomic mass is 19.3. The molecule has 172 valence electrons. The van der Waals surface area contributed by atoms with Gasteiger partial charge in [0.15, 0.2) is 0 Å². The van der Waals surface area contributed by atoms with Crippen molar-refractivity contribution in [1.82, 2.24) is 24.2 Å². The van der Waals surface area contributed by atoms with E-state index in [-0.39, 0.29) is 24.6 Å². The number of fused-ring (bicyclic) bond motifs is 2. The van der Waals surface area contributed by atoms with E-state index < -0.39 is 6.55 Å². The number of benzene rings is 3. The van der Waals surface area contributed by atoms with Crippen molar-refractivity contribution in [3.8, 4) is 11.3 Å². The van der Waals surface area contributed by atoms with Gasteiger partial charge in [0, 0.05) is 10.9 Å². The fraction of sp³-hybridized carbons (Fsp3) is 0.192. The van der Waals surface area contributed by atoms with E-state index in [1.807, 2.05) is 49.4 Å². The van der Waals surface area contributed by atoms with E-state index in [1.165, 1.54) is 4.68 Å². The van der Waals surface area contributed by atoms with Crippen molar-refractivity contribution in [2.24, 2.45) is 0 Å². The Morgan fingerprint density at radius 3 is 2.35 bits per heavy atom. The number of aryl methyl sites for hydroxylation is 1. The van der Waals surface area contributed by atoms with Gasteiger partial charge in [-0.1, -0.05) is 60.2 Å². The number of halogens is 2. The van der Waals surface area contributed by atoms with Crippen LogP contribution < -0.4 is 5.56 Å². The largest absolute Gasteiger partial charge is 0.320 e. The van der Waals surface area contributed by atoms with E-state index >= 15 is 0 Å². The molecule has 0 aliphatic carbocycles. The zero-order chi connectivity index (χ0) is 23.8. The number of aromatic nitrogens is 4. The molecule has 0 spiro atoms. The number of hydrogen-bond donors (Lipinski definition) is 0. The highest BCUT2D eigenvalue weighted by Gasteiger charge is 2.19. The van der Waals surface area contributed by atoms with E-state index in [0.29, 0.717) is 22.1 Å². The summed E-state index contributed by atoms with van der Waals surface area (Å²) < 4.78 is 29.9. The molecule has 6 nitrogen and oxygen atoms in total. The van der Waals surface area contributed by atoms with Crippen LogP contribution in [0.2, 0.25) is 0 Å². The first-order valence-corrected chi connectivity index (χ1v) is 10.9. The van der Waals surface area contributed by atoms with Crippen LogP contribution in [0.3, 0.4) is 0 Å². The van der Waals surface area contributed by atoms with Crippen molar-refractivity contribution in [2.75, 3.05) is 7.05 Å². The lowest BCUT2D eigenvalue weighted by molar-refractivity contribution is 0.0680. The summed E-state index contributed by atoms with van der Waals surface area (Å²) in [6, 6.07) is 22.1. The van der Waals surface area contributed by atoms with Crippen LogP contribution in [0.1, 0.15) is 17.9 Å². The van der Waals surface area contributed by atoms with Gasteiger partial charge in [-0.25, -0.2) is 9.67 Å². The van der Waals surface area contributed by atoms with Crippen LogP contribution >= 0.6 is 0 Å². The molecule has 8 heteroatoms. The average Bonchev–Trinajstić information content (AvgIpc) is 3.19. The molecule has 0 aliphatic rings. The van der Waals surface area contributed by atoms with Crippen molar-refractivity contribution in [2.45, 2.75) is 26.7 Å². The Kier molecular flexibility index (Phi) is 5.67. The maximum Gasteiger partial charge on any atom is 0.320 e. The SMILES string of the molecule is Cc1ccc(-c2nn(CN(C)Cc3nc4ccccc4n3C(F)F)c(=O)c3ccccc23)cc1. The van der Waals surface area contributed by atoms with E-state index in [2.05, 4.69) is 10.1 Å². The van der Waals surface area contributed by atoms with Crippen LogP contribution in [-0.4, -0.2) is 31.3 Å². The molecule has 0 aliphatic heterocycles. The second-order valence-corrected chi connectivity index (χ2v) is 8.38. The van der Waals surface area contributed by atoms with Crippen molar-refractivity contribution in [3.63, 3.8) is 0 Å². The smallest absolute Gasteiger partial charge is 0.280 e. The molecule has 0 amide bonds. The summed E-state index contributed by atoms with van der Waals surface area (Å²) in [5, 5.41) is 6.00. The monoisotopic (exact) mass is 459 g/mol. The summed E-state index contributed by atoms with van der Waals surface area (Å²) in [5.74, 6) is 0.228. The minimum atomic E-state index is -2.72. The quantitative estimate of drug-likeness (QED) is 0.350. The summed E-state index contributed by atoms with van der Waals surface area (Å²) in [6.45, 7) is -0.461. The van der Waals surface area contributed by atoms with Crippen LogP contribution in [0.4, 0.5) is 8.78 Å². The average molecular weight is 460 g/mol. The van der Waals surface area contributed by atoms with Gasteiger partial charge in [-0.3, -0.25) is 14.3 Å². The van der Waals surface area contributed by atoms with Gasteiger partial charge in [-0.15, -0.1) is 0 Å². The van der Waals surface area contributed by atoms with Crippen molar-refractivity contribution in [3.05, 3.63) is 94.5 Å². The summed E-state index contributed by atoms with van der Waals surface area (Å²) >= 11 is 0. The minimum absolute atomic E-state index is 0.120. The van der Waals surface area contributed by atoms with Crippen LogP contribution in [0, 0.1) is 6.92 Å². The van der Waals surface area contributed by atoms with Crippen LogP contribution in [0.5, 0.6) is 0 Å². The van der Waals surface area contributed by atoms with Gasteiger partial charge in [0.1, 0.15) is 5.82 Å². The molecule has 0 bridgehead atoms. The topological polar surface area (TPSA) is 56.0 Å². The van der Waals surface area contributed by atoms with E-state index in [9.17, 15) is 13.6 Å². The highest BCUT2D eigenvalue weighted by Crippen LogP contribution is 2.26. The molecular formula is C26H23F2N5O. The van der Waals surface area contributed by atoms with Gasteiger partial charge in [0.2, 0.25) is 0 Å². The minimum Gasteiger partial charge on any atom is -0.280 e. The van der Waals surface area contributed by atoms with Gasteiger partial charge in [-0.05, 0) is 32.2 Å². The number of alkyl halides is 2. The number of hydrogen-bond acceptors (Lipinski definition) is 4. The number of nitrogens with zero attached hydrogens (tertiary/aromatic N) is 5.